The van der Waals surface area contributed by atoms with Crippen molar-refractivity contribution in [2.45, 2.75) is 24.3 Å². The molecule has 0 amide bonds. The minimum atomic E-state index is -3.41. The van der Waals surface area contributed by atoms with Gasteiger partial charge in [-0.25, -0.2) is 8.42 Å². The molecule has 2 aliphatic heterocycles. The van der Waals surface area contributed by atoms with E-state index in [4.69, 9.17) is 0 Å². The molecule has 1 N–H and O–H groups in total. The summed E-state index contributed by atoms with van der Waals surface area (Å²) in [5.41, 5.74) is 0. The summed E-state index contributed by atoms with van der Waals surface area (Å²) in [5, 5.41) is 3.38. The van der Waals surface area contributed by atoms with Crippen molar-refractivity contribution in [1.29, 1.82) is 0 Å². The van der Waals surface area contributed by atoms with Crippen LogP contribution < -0.4 is 5.32 Å². The number of halogens is 2. The lowest BCUT2D eigenvalue weighted by atomic mass is 9.93. The van der Waals surface area contributed by atoms with Crippen molar-refractivity contribution in [1.82, 2.24) is 9.62 Å². The van der Waals surface area contributed by atoms with Gasteiger partial charge < -0.3 is 5.32 Å². The first kappa shape index (κ1) is 15.4. The monoisotopic (exact) mass is 442 g/mol. The minimum absolute atomic E-state index is 0.116. The maximum Gasteiger partial charge on any atom is 0.245 e. The van der Waals surface area contributed by atoms with E-state index >= 15 is 0 Å². The normalized spacial score (nSPS) is 30.9. The van der Waals surface area contributed by atoms with Gasteiger partial charge in [0.2, 0.25) is 10.0 Å². The van der Waals surface area contributed by atoms with Gasteiger partial charge in [-0.05, 0) is 69.3 Å². The number of nitrogens with zero attached hydrogens (tertiary/aromatic N) is 1. The fraction of sp³-hybridized carbons (Fsp3) is 0.667. The molecule has 0 spiro atoms. The molecule has 1 aromatic rings. The van der Waals surface area contributed by atoms with Crippen molar-refractivity contribution in [2.75, 3.05) is 19.6 Å². The Bertz CT molecular complexity index is 617. The average molecular weight is 444 g/mol. The number of sulfonamides is 1. The zero-order valence-electron chi connectivity index (χ0n) is 11.0. The number of rotatable bonds is 3. The van der Waals surface area contributed by atoms with E-state index in [1.54, 1.807) is 10.4 Å². The van der Waals surface area contributed by atoms with Gasteiger partial charge in [-0.2, -0.15) is 4.31 Å². The van der Waals surface area contributed by atoms with Gasteiger partial charge in [0.1, 0.15) is 4.90 Å². The van der Waals surface area contributed by atoms with Crippen LogP contribution in [0.4, 0.5) is 0 Å². The zero-order valence-corrected chi connectivity index (χ0v) is 15.8. The standard InChI is InChI=1S/C12H16Br2N2O2S2/c1-2-9-8-5-15-4-7(8)6-16(9)20(17,18)10-3-11(13)19-12(10)14/h3,7-9,15H,2,4-6H2,1H3. The lowest BCUT2D eigenvalue weighted by Crippen LogP contribution is -2.39. The van der Waals surface area contributed by atoms with Crippen LogP contribution in [0.1, 0.15) is 13.3 Å². The van der Waals surface area contributed by atoms with Crippen LogP contribution in [-0.2, 0) is 10.0 Å². The SMILES string of the molecule is CCC1C2CNCC2CN1S(=O)(=O)c1cc(Br)sc1Br. The van der Waals surface area contributed by atoms with E-state index in [9.17, 15) is 8.42 Å². The average Bonchev–Trinajstić information content (AvgIpc) is 3.02. The van der Waals surface area contributed by atoms with E-state index in [-0.39, 0.29) is 6.04 Å². The summed E-state index contributed by atoms with van der Waals surface area (Å²) in [4.78, 5) is 0.390. The van der Waals surface area contributed by atoms with Gasteiger partial charge in [-0.1, -0.05) is 6.92 Å². The number of hydrogen-bond donors (Lipinski definition) is 1. The third kappa shape index (κ3) is 2.42. The van der Waals surface area contributed by atoms with Crippen LogP contribution in [0.5, 0.6) is 0 Å². The highest BCUT2D eigenvalue weighted by molar-refractivity contribution is 9.12. The van der Waals surface area contributed by atoms with Crippen LogP contribution >= 0.6 is 43.2 Å². The van der Waals surface area contributed by atoms with Gasteiger partial charge in [0, 0.05) is 12.6 Å². The van der Waals surface area contributed by atoms with Gasteiger partial charge >= 0.3 is 0 Å². The number of fused-ring (bicyclic) bond motifs is 1. The Hall–Kier alpha value is 0.530. The van der Waals surface area contributed by atoms with Crippen LogP contribution in [0.25, 0.3) is 0 Å². The Labute approximate surface area is 140 Å². The first-order valence-corrected chi connectivity index (χ1v) is 10.5. The summed E-state index contributed by atoms with van der Waals surface area (Å²) in [5.74, 6) is 0.909. The number of hydrogen-bond acceptors (Lipinski definition) is 4. The molecular formula is C12H16Br2N2O2S2. The van der Waals surface area contributed by atoms with Crippen molar-refractivity contribution in [3.63, 3.8) is 0 Å². The highest BCUT2D eigenvalue weighted by atomic mass is 79.9. The smallest absolute Gasteiger partial charge is 0.245 e. The quantitative estimate of drug-likeness (QED) is 0.781. The predicted octanol–water partition coefficient (Wildman–Crippen LogP) is 2.89. The summed E-state index contributed by atoms with van der Waals surface area (Å²) >= 11 is 8.13. The van der Waals surface area contributed by atoms with Crippen LogP contribution in [0, 0.1) is 11.8 Å². The van der Waals surface area contributed by atoms with Crippen molar-refractivity contribution in [2.24, 2.45) is 11.8 Å². The number of nitrogens with one attached hydrogen (secondary N) is 1. The first-order valence-electron chi connectivity index (χ1n) is 6.62. The van der Waals surface area contributed by atoms with Crippen molar-refractivity contribution < 1.29 is 8.42 Å². The molecule has 20 heavy (non-hydrogen) atoms. The second-order valence-electron chi connectivity index (χ2n) is 5.32. The highest BCUT2D eigenvalue weighted by Crippen LogP contribution is 2.42. The van der Waals surface area contributed by atoms with E-state index in [0.717, 1.165) is 23.3 Å². The van der Waals surface area contributed by atoms with Crippen LogP contribution in [-0.4, -0.2) is 38.4 Å². The summed E-state index contributed by atoms with van der Waals surface area (Å²) in [6, 6.07) is 1.81. The molecule has 3 rings (SSSR count). The Morgan fingerprint density at radius 3 is 2.80 bits per heavy atom. The molecule has 0 saturated carbocycles. The van der Waals surface area contributed by atoms with Crippen molar-refractivity contribution in [3.05, 3.63) is 13.6 Å². The van der Waals surface area contributed by atoms with Crippen LogP contribution in [0.15, 0.2) is 18.5 Å². The van der Waals surface area contributed by atoms with Crippen LogP contribution in [0.3, 0.4) is 0 Å². The molecule has 2 aliphatic rings. The molecule has 0 radical (unpaired) electrons. The van der Waals surface area contributed by atoms with Gasteiger partial charge in [-0.15, -0.1) is 11.3 Å². The van der Waals surface area contributed by atoms with Gasteiger partial charge in [0.05, 0.1) is 7.57 Å². The van der Waals surface area contributed by atoms with Crippen molar-refractivity contribution >= 4 is 53.2 Å². The highest BCUT2D eigenvalue weighted by Gasteiger charge is 2.48. The second kappa shape index (κ2) is 5.62. The van der Waals surface area contributed by atoms with Gasteiger partial charge in [-0.3, -0.25) is 0 Å². The fourth-order valence-electron chi connectivity index (χ4n) is 3.39. The van der Waals surface area contributed by atoms with E-state index in [1.807, 2.05) is 0 Å². The lowest BCUT2D eigenvalue weighted by molar-refractivity contribution is 0.329. The van der Waals surface area contributed by atoms with Crippen molar-refractivity contribution in [3.8, 4) is 0 Å². The minimum Gasteiger partial charge on any atom is -0.316 e. The van der Waals surface area contributed by atoms with E-state index in [2.05, 4.69) is 44.1 Å². The Kier molecular flexibility index (Phi) is 4.34. The van der Waals surface area contributed by atoms with Crippen LogP contribution in [0.2, 0.25) is 0 Å². The predicted molar refractivity (Wildman–Crippen MR) is 87.5 cm³/mol. The zero-order chi connectivity index (χ0) is 14.5. The molecule has 112 valence electrons. The van der Waals surface area contributed by atoms with E-state index < -0.39 is 10.0 Å². The summed E-state index contributed by atoms with van der Waals surface area (Å²) in [6.45, 7) is 4.58. The lowest BCUT2D eigenvalue weighted by Gasteiger charge is -2.26. The molecule has 1 aromatic heterocycles. The molecule has 0 aromatic carbocycles. The molecule has 3 heterocycles. The molecule has 3 unspecified atom stereocenters. The van der Waals surface area contributed by atoms with E-state index in [0.29, 0.717) is 27.1 Å². The van der Waals surface area contributed by atoms with E-state index in [1.165, 1.54) is 11.3 Å². The van der Waals surface area contributed by atoms with Gasteiger partial charge in [0.25, 0.3) is 0 Å². The molecule has 0 aliphatic carbocycles. The first-order chi connectivity index (χ1) is 9.45. The summed E-state index contributed by atoms with van der Waals surface area (Å²) in [6.07, 6.45) is 0.866. The Balaban J connectivity index is 1.97. The topological polar surface area (TPSA) is 49.4 Å². The maximum absolute atomic E-state index is 12.9. The number of thiophene rings is 1. The summed E-state index contributed by atoms with van der Waals surface area (Å²) < 4.78 is 29.1. The largest absolute Gasteiger partial charge is 0.316 e. The molecule has 4 nitrogen and oxygen atoms in total. The molecule has 2 fully saturated rings. The third-order valence-corrected chi connectivity index (χ3v) is 8.95. The molecular weight excluding hydrogens is 428 g/mol. The molecule has 2 saturated heterocycles. The summed E-state index contributed by atoms with van der Waals surface area (Å²) in [7, 11) is -3.41. The fourth-order valence-corrected chi connectivity index (χ4v) is 8.96. The molecule has 8 heteroatoms. The van der Waals surface area contributed by atoms with Gasteiger partial charge in [0.15, 0.2) is 0 Å². The molecule has 3 atom stereocenters. The Morgan fingerprint density at radius 1 is 1.45 bits per heavy atom. The maximum atomic E-state index is 12.9. The second-order valence-corrected chi connectivity index (χ2v) is 10.9. The molecule has 0 bridgehead atoms. The Morgan fingerprint density at radius 2 is 2.20 bits per heavy atom. The third-order valence-electron chi connectivity index (χ3n) is 4.30.